The molecule has 0 bridgehead atoms. The maximum absolute atomic E-state index is 10.7. The summed E-state index contributed by atoms with van der Waals surface area (Å²) in [6, 6.07) is 0. The summed E-state index contributed by atoms with van der Waals surface area (Å²) in [7, 11) is 0. The van der Waals surface area contributed by atoms with Crippen molar-refractivity contribution < 1.29 is 14.6 Å². The molecule has 0 unspecified atom stereocenters. The number of rotatable bonds is 6. The minimum atomic E-state index is -0.726. The van der Waals surface area contributed by atoms with Gasteiger partial charge in [0.25, 0.3) is 0 Å². The second-order valence-electron chi connectivity index (χ2n) is 5.76. The lowest BCUT2D eigenvalue weighted by Gasteiger charge is -2.37. The third kappa shape index (κ3) is 5.80. The Kier molecular flexibility index (Phi) is 6.05. The molecule has 0 aromatic rings. The zero-order valence-electron chi connectivity index (χ0n) is 11.8. The van der Waals surface area contributed by atoms with Crippen LogP contribution < -0.4 is 0 Å². The molecule has 0 aliphatic carbocycles. The maximum Gasteiger partial charge on any atom is 0.304 e. The normalized spacial score (nSPS) is 18.2. The molecule has 1 saturated heterocycles. The summed E-state index contributed by atoms with van der Waals surface area (Å²) >= 11 is 0. The minimum absolute atomic E-state index is 0.0156. The van der Waals surface area contributed by atoms with E-state index in [-0.39, 0.29) is 12.0 Å². The average Bonchev–Trinajstić information content (AvgIpc) is 2.28. The van der Waals surface area contributed by atoms with Crippen molar-refractivity contribution in [3.63, 3.8) is 0 Å². The van der Waals surface area contributed by atoms with Crippen molar-refractivity contribution in [2.24, 2.45) is 0 Å². The highest BCUT2D eigenvalue weighted by atomic mass is 16.5. The highest BCUT2D eigenvalue weighted by molar-refractivity contribution is 5.66. The first kappa shape index (κ1) is 15.4. The van der Waals surface area contributed by atoms with Crippen molar-refractivity contribution in [1.82, 2.24) is 9.80 Å². The SMILES string of the molecule is CC(C)(C)N(CCC(=O)O)CCN1CCOCC1. The smallest absolute Gasteiger partial charge is 0.304 e. The second-order valence-corrected chi connectivity index (χ2v) is 5.76. The van der Waals surface area contributed by atoms with Crippen molar-refractivity contribution in [2.75, 3.05) is 45.9 Å². The number of carboxylic acid groups (broad SMARTS) is 1. The molecule has 0 radical (unpaired) electrons. The van der Waals surface area contributed by atoms with Crippen LogP contribution in [0.1, 0.15) is 27.2 Å². The van der Waals surface area contributed by atoms with E-state index in [1.165, 1.54) is 0 Å². The molecule has 0 aromatic heterocycles. The Labute approximate surface area is 110 Å². The van der Waals surface area contributed by atoms with Gasteiger partial charge >= 0.3 is 5.97 Å². The van der Waals surface area contributed by atoms with E-state index in [0.29, 0.717) is 6.54 Å². The third-order valence-electron chi connectivity index (χ3n) is 3.33. The van der Waals surface area contributed by atoms with Gasteiger partial charge in [0.15, 0.2) is 0 Å². The van der Waals surface area contributed by atoms with Crippen LogP contribution in [0.15, 0.2) is 0 Å². The molecule has 1 N–H and O–H groups in total. The van der Waals surface area contributed by atoms with Gasteiger partial charge in [-0.15, -0.1) is 0 Å². The van der Waals surface area contributed by atoms with E-state index in [0.717, 1.165) is 39.4 Å². The van der Waals surface area contributed by atoms with Crippen molar-refractivity contribution in [2.45, 2.75) is 32.7 Å². The lowest BCUT2D eigenvalue weighted by molar-refractivity contribution is -0.137. The lowest BCUT2D eigenvalue weighted by atomic mass is 10.1. The van der Waals surface area contributed by atoms with Crippen molar-refractivity contribution in [1.29, 1.82) is 0 Å². The first-order valence-electron chi connectivity index (χ1n) is 6.66. The highest BCUT2D eigenvalue weighted by Gasteiger charge is 2.22. The zero-order chi connectivity index (χ0) is 13.6. The number of ether oxygens (including phenoxy) is 1. The van der Waals surface area contributed by atoms with Crippen LogP contribution in [0.3, 0.4) is 0 Å². The summed E-state index contributed by atoms with van der Waals surface area (Å²) in [4.78, 5) is 15.3. The highest BCUT2D eigenvalue weighted by Crippen LogP contribution is 2.13. The molecular weight excluding hydrogens is 232 g/mol. The van der Waals surface area contributed by atoms with Crippen LogP contribution in [0.25, 0.3) is 0 Å². The van der Waals surface area contributed by atoms with Crippen LogP contribution in [-0.4, -0.2) is 72.4 Å². The summed E-state index contributed by atoms with van der Waals surface area (Å²) in [5.74, 6) is -0.726. The van der Waals surface area contributed by atoms with Gasteiger partial charge < -0.3 is 9.84 Å². The second kappa shape index (κ2) is 7.07. The molecule has 1 heterocycles. The van der Waals surface area contributed by atoms with Crippen LogP contribution in [0.2, 0.25) is 0 Å². The van der Waals surface area contributed by atoms with E-state index < -0.39 is 5.97 Å². The molecule has 106 valence electrons. The van der Waals surface area contributed by atoms with Gasteiger partial charge in [0.2, 0.25) is 0 Å². The number of carbonyl (C=O) groups is 1. The van der Waals surface area contributed by atoms with E-state index in [2.05, 4.69) is 30.6 Å². The predicted molar refractivity (Wildman–Crippen MR) is 70.8 cm³/mol. The maximum atomic E-state index is 10.7. The van der Waals surface area contributed by atoms with Gasteiger partial charge in [-0.1, -0.05) is 0 Å². The number of aliphatic carboxylic acids is 1. The fraction of sp³-hybridized carbons (Fsp3) is 0.923. The zero-order valence-corrected chi connectivity index (χ0v) is 11.8. The van der Waals surface area contributed by atoms with Gasteiger partial charge in [0, 0.05) is 38.3 Å². The number of carboxylic acids is 1. The summed E-state index contributed by atoms with van der Waals surface area (Å²) in [5.41, 5.74) is 0.0156. The fourth-order valence-corrected chi connectivity index (χ4v) is 2.10. The number of nitrogens with zero attached hydrogens (tertiary/aromatic N) is 2. The molecule has 0 saturated carbocycles. The van der Waals surface area contributed by atoms with Crippen molar-refractivity contribution in [3.05, 3.63) is 0 Å². The average molecular weight is 258 g/mol. The molecule has 1 fully saturated rings. The standard InChI is InChI=1S/C13H26N2O3/c1-13(2,3)15(5-4-12(16)17)7-6-14-8-10-18-11-9-14/h4-11H2,1-3H3,(H,16,17). The van der Waals surface area contributed by atoms with Gasteiger partial charge in [-0.2, -0.15) is 0 Å². The van der Waals surface area contributed by atoms with E-state index in [9.17, 15) is 4.79 Å². The molecule has 1 aliphatic rings. The third-order valence-corrected chi connectivity index (χ3v) is 3.33. The minimum Gasteiger partial charge on any atom is -0.481 e. The molecule has 5 nitrogen and oxygen atoms in total. The van der Waals surface area contributed by atoms with E-state index in [1.54, 1.807) is 0 Å². The molecule has 0 amide bonds. The molecule has 0 atom stereocenters. The largest absolute Gasteiger partial charge is 0.481 e. The van der Waals surface area contributed by atoms with Crippen LogP contribution in [0, 0.1) is 0 Å². The lowest BCUT2D eigenvalue weighted by Crippen LogP contribution is -2.48. The molecule has 1 rings (SSSR count). The Bertz CT molecular complexity index is 257. The Hall–Kier alpha value is -0.650. The Morgan fingerprint density at radius 2 is 1.89 bits per heavy atom. The molecule has 0 aromatic carbocycles. The molecule has 18 heavy (non-hydrogen) atoms. The molecule has 5 heteroatoms. The van der Waals surface area contributed by atoms with Gasteiger partial charge in [-0.25, -0.2) is 0 Å². The summed E-state index contributed by atoms with van der Waals surface area (Å²) < 4.78 is 5.32. The van der Waals surface area contributed by atoms with Crippen molar-refractivity contribution in [3.8, 4) is 0 Å². The summed E-state index contributed by atoms with van der Waals surface area (Å²) in [5, 5.41) is 8.79. The predicted octanol–water partition coefficient (Wildman–Crippen LogP) is 0.894. The summed E-state index contributed by atoms with van der Waals surface area (Å²) in [6.07, 6.45) is 0.209. The number of morpholine rings is 1. The quantitative estimate of drug-likeness (QED) is 0.767. The fourth-order valence-electron chi connectivity index (χ4n) is 2.10. The van der Waals surface area contributed by atoms with E-state index in [1.807, 2.05) is 0 Å². The summed E-state index contributed by atoms with van der Waals surface area (Å²) in [6.45, 7) is 12.5. The topological polar surface area (TPSA) is 53.0 Å². The monoisotopic (exact) mass is 258 g/mol. The van der Waals surface area contributed by atoms with Crippen LogP contribution in [-0.2, 0) is 9.53 Å². The first-order valence-corrected chi connectivity index (χ1v) is 6.66. The number of hydrogen-bond acceptors (Lipinski definition) is 4. The Morgan fingerprint density at radius 1 is 1.28 bits per heavy atom. The molecule has 0 spiro atoms. The number of hydrogen-bond donors (Lipinski definition) is 1. The van der Waals surface area contributed by atoms with E-state index in [4.69, 9.17) is 9.84 Å². The van der Waals surface area contributed by atoms with Gasteiger partial charge in [-0.05, 0) is 20.8 Å². The Balaban J connectivity index is 2.37. The van der Waals surface area contributed by atoms with Crippen molar-refractivity contribution >= 4 is 5.97 Å². The molecular formula is C13H26N2O3. The van der Waals surface area contributed by atoms with Gasteiger partial charge in [0.05, 0.1) is 19.6 Å². The van der Waals surface area contributed by atoms with Gasteiger partial charge in [0.1, 0.15) is 0 Å². The van der Waals surface area contributed by atoms with Crippen LogP contribution in [0.4, 0.5) is 0 Å². The van der Waals surface area contributed by atoms with E-state index >= 15 is 0 Å². The molecule has 1 aliphatic heterocycles. The van der Waals surface area contributed by atoms with Gasteiger partial charge in [-0.3, -0.25) is 14.6 Å². The van der Waals surface area contributed by atoms with Crippen LogP contribution >= 0.6 is 0 Å². The van der Waals surface area contributed by atoms with Crippen LogP contribution in [0.5, 0.6) is 0 Å². The Morgan fingerprint density at radius 3 is 2.39 bits per heavy atom. The first-order chi connectivity index (χ1) is 8.39.